The Kier molecular flexibility index (Phi) is 18.4. The van der Waals surface area contributed by atoms with Crippen molar-refractivity contribution in [3.05, 3.63) is 0 Å². The summed E-state index contributed by atoms with van der Waals surface area (Å²) >= 11 is 0. The van der Waals surface area contributed by atoms with Crippen LogP contribution in [0.4, 0.5) is 0 Å². The first-order valence-corrected chi connectivity index (χ1v) is 17.4. The largest absolute Gasteiger partial charge is 0.394 e. The van der Waals surface area contributed by atoms with Crippen LogP contribution in [0.1, 0.15) is 19.3 Å². The minimum atomic E-state index is -4.67. The smallest absolute Gasteiger partial charge is 0.394 e. The summed E-state index contributed by atoms with van der Waals surface area (Å²) in [5.74, 6) is -1.72. The van der Waals surface area contributed by atoms with Gasteiger partial charge in [-0.1, -0.05) is 0 Å². The van der Waals surface area contributed by atoms with Crippen molar-refractivity contribution in [3.8, 4) is 0 Å². The predicted octanol–water partition coefficient (Wildman–Crippen LogP) is -10.2. The summed E-state index contributed by atoms with van der Waals surface area (Å²) in [5.41, 5.74) is 23.0. The van der Waals surface area contributed by atoms with Crippen molar-refractivity contribution in [1.82, 2.24) is 10.6 Å². The number of carbonyl (C=O) groups excluding carboxylic acids is 2. The van der Waals surface area contributed by atoms with Gasteiger partial charge in [0.05, 0.1) is 18.7 Å². The molecule has 17 atom stereocenters. The molecule has 21 N–H and O–H groups in total. The van der Waals surface area contributed by atoms with E-state index in [1.165, 1.54) is 0 Å². The molecule has 0 aromatic rings. The van der Waals surface area contributed by atoms with E-state index in [0.29, 0.717) is 0 Å². The van der Waals surface area contributed by atoms with E-state index >= 15 is 0 Å². The van der Waals surface area contributed by atoms with Gasteiger partial charge in [-0.2, -0.15) is 8.42 Å². The average Bonchev–Trinajstić information content (AvgIpc) is 3.06. The van der Waals surface area contributed by atoms with Crippen molar-refractivity contribution in [3.63, 3.8) is 0 Å². The van der Waals surface area contributed by atoms with Gasteiger partial charge >= 0.3 is 10.4 Å². The van der Waals surface area contributed by atoms with Gasteiger partial charge in [0, 0.05) is 12.6 Å². The lowest BCUT2D eigenvalue weighted by Crippen LogP contribution is -2.69. The van der Waals surface area contributed by atoms with Gasteiger partial charge in [0.15, 0.2) is 12.6 Å². The average molecular weight is 785 g/mol. The van der Waals surface area contributed by atoms with Crippen LogP contribution in [0, 0.1) is 0 Å². The van der Waals surface area contributed by atoms with Crippen LogP contribution in [0.3, 0.4) is 0 Å². The van der Waals surface area contributed by atoms with Crippen LogP contribution in [0.5, 0.6) is 0 Å². The third-order valence-electron chi connectivity index (χ3n) is 8.50. The van der Waals surface area contributed by atoms with Gasteiger partial charge in [0.1, 0.15) is 73.2 Å². The number of rotatable bonds is 14. The third kappa shape index (κ3) is 12.9. The van der Waals surface area contributed by atoms with Gasteiger partial charge in [-0.15, -0.1) is 0 Å². The van der Waals surface area contributed by atoms with E-state index in [1.54, 1.807) is 0 Å². The zero-order valence-corrected chi connectivity index (χ0v) is 28.5. The van der Waals surface area contributed by atoms with Gasteiger partial charge in [-0.25, -0.2) is 0 Å². The summed E-state index contributed by atoms with van der Waals surface area (Å²) in [4.78, 5) is 24.8. The van der Waals surface area contributed by atoms with Crippen LogP contribution < -0.4 is 33.6 Å². The molecule has 25 nitrogen and oxygen atoms in total. The zero-order valence-electron chi connectivity index (χ0n) is 27.7. The SMILES string of the molecule is NCC[C@H](O)C(=O)NCC1O[C@H](OC2C(O)[C@@H](O[C@H]3OC(CO)[C@@H](O)[C@H](N)C3O)[C@H](NC(=O)[C@@H](O)CCN)C[C@@H]2N)C(O)C(O)[C@@H]1O.O=S(=O)(O)O. The number of aliphatic hydroxyl groups excluding tert-OH is 9. The van der Waals surface area contributed by atoms with Crippen molar-refractivity contribution >= 4 is 22.2 Å². The normalized spacial score (nSPS) is 39.4. The summed E-state index contributed by atoms with van der Waals surface area (Å²) in [6, 6.07) is -3.66. The fourth-order valence-corrected chi connectivity index (χ4v) is 5.65. The maximum atomic E-state index is 12.7. The Bertz CT molecular complexity index is 1220. The molecule has 3 fully saturated rings. The Balaban J connectivity index is 0.00000175. The molecule has 0 aromatic carbocycles. The second-order valence-corrected chi connectivity index (χ2v) is 13.3. The molecule has 0 radical (unpaired) electrons. The summed E-state index contributed by atoms with van der Waals surface area (Å²) in [6.07, 6.45) is -22.9. The van der Waals surface area contributed by atoms with E-state index in [1.807, 2.05) is 0 Å². The monoisotopic (exact) mass is 784 g/mol. The Morgan fingerprint density at radius 2 is 1.25 bits per heavy atom. The molecular weight excluding hydrogens is 732 g/mol. The number of aliphatic hydroxyl groups is 9. The highest BCUT2D eigenvalue weighted by Gasteiger charge is 2.52. The minimum absolute atomic E-state index is 0.0219. The zero-order chi connectivity index (χ0) is 39.7. The van der Waals surface area contributed by atoms with Crippen LogP contribution in [0.25, 0.3) is 0 Å². The Hall–Kier alpha value is -1.87. The molecule has 26 heteroatoms. The number of carbonyl (C=O) groups is 2. The molecule has 52 heavy (non-hydrogen) atoms. The molecule has 0 aromatic heterocycles. The molecule has 2 heterocycles. The van der Waals surface area contributed by atoms with Crippen LogP contribution in [-0.4, -0.2) is 205 Å². The van der Waals surface area contributed by atoms with Crippen molar-refractivity contribution in [1.29, 1.82) is 0 Å². The number of nitrogens with one attached hydrogen (secondary N) is 2. The quantitative estimate of drug-likeness (QED) is 0.0727. The Labute approximate surface area is 297 Å². The number of nitrogens with two attached hydrogens (primary N) is 4. The Morgan fingerprint density at radius 1 is 0.750 bits per heavy atom. The van der Waals surface area contributed by atoms with Crippen LogP contribution in [0.15, 0.2) is 0 Å². The molecule has 2 aliphatic heterocycles. The molecule has 0 bridgehead atoms. The number of ether oxygens (including phenoxy) is 4. The lowest BCUT2D eigenvalue weighted by Gasteiger charge is -2.49. The summed E-state index contributed by atoms with van der Waals surface area (Å²) in [5, 5.41) is 98.4. The van der Waals surface area contributed by atoms with Crippen molar-refractivity contribution < 1.29 is 92.0 Å². The minimum Gasteiger partial charge on any atom is -0.394 e. The maximum absolute atomic E-state index is 12.7. The number of hydrogen-bond donors (Lipinski definition) is 17. The molecule has 7 unspecified atom stereocenters. The van der Waals surface area contributed by atoms with Gasteiger partial charge in [-0.3, -0.25) is 18.7 Å². The molecule has 1 saturated carbocycles. The van der Waals surface area contributed by atoms with Crippen molar-refractivity contribution in [2.24, 2.45) is 22.9 Å². The highest BCUT2D eigenvalue weighted by Crippen LogP contribution is 2.32. The van der Waals surface area contributed by atoms with Crippen LogP contribution in [0.2, 0.25) is 0 Å². The van der Waals surface area contributed by atoms with E-state index < -0.39 is 139 Å². The molecule has 1 aliphatic carbocycles. The first-order chi connectivity index (χ1) is 24.2. The van der Waals surface area contributed by atoms with E-state index in [9.17, 15) is 55.5 Å². The van der Waals surface area contributed by atoms with Gasteiger partial charge in [0.2, 0.25) is 11.8 Å². The fourth-order valence-electron chi connectivity index (χ4n) is 5.65. The fraction of sp³-hybridized carbons (Fsp3) is 0.923. The van der Waals surface area contributed by atoms with Crippen LogP contribution in [-0.2, 0) is 38.9 Å². The van der Waals surface area contributed by atoms with E-state index in [-0.39, 0.29) is 32.4 Å². The van der Waals surface area contributed by atoms with E-state index in [4.69, 9.17) is 59.4 Å². The molecule has 0 spiro atoms. The predicted molar refractivity (Wildman–Crippen MR) is 169 cm³/mol. The molecule has 2 amide bonds. The lowest BCUT2D eigenvalue weighted by molar-refractivity contribution is -0.333. The first-order valence-electron chi connectivity index (χ1n) is 16.0. The van der Waals surface area contributed by atoms with Crippen LogP contribution >= 0.6 is 0 Å². The van der Waals surface area contributed by atoms with Crippen molar-refractivity contribution in [2.45, 2.75) is 123 Å². The van der Waals surface area contributed by atoms with Gasteiger partial charge in [-0.05, 0) is 32.4 Å². The molecule has 3 rings (SSSR count). The highest BCUT2D eigenvalue weighted by molar-refractivity contribution is 7.79. The molecule has 306 valence electrons. The lowest BCUT2D eigenvalue weighted by atomic mass is 9.83. The molecule has 2 saturated heterocycles. The topological polar surface area (TPSA) is 456 Å². The standard InChI is InChI=1S/C26H50N6O15.H2O4S/c27-3-1-10(34)23(42)31-6-12-16(37)18(39)19(40)26(44-12)46-21-8(29)5-9(32-24(43)11(35)2-4-28)22(20(21)41)47-25-17(38)14(30)15(36)13(7-33)45-25;1-5(2,3)4/h8-22,25-26,33-41H,1-7,27-30H2,(H,31,42)(H,32,43);(H2,1,2,3,4)/t8-,9+,10-,11-,12?,13?,14-,15+,16+,17?,18?,19?,20?,21?,22-,25+,26+;/m0./s1. The summed E-state index contributed by atoms with van der Waals surface area (Å²) in [6.45, 7) is -1.15. The number of amides is 2. The third-order valence-corrected chi connectivity index (χ3v) is 8.50. The Morgan fingerprint density at radius 3 is 1.79 bits per heavy atom. The number of hydrogen-bond acceptors (Lipinski definition) is 21. The first kappa shape index (κ1) is 46.3. The van der Waals surface area contributed by atoms with Gasteiger partial charge in [0.25, 0.3) is 0 Å². The maximum Gasteiger partial charge on any atom is 0.394 e. The van der Waals surface area contributed by atoms with Gasteiger partial charge < -0.3 is 98.5 Å². The van der Waals surface area contributed by atoms with E-state index in [2.05, 4.69) is 10.6 Å². The van der Waals surface area contributed by atoms with E-state index in [0.717, 1.165) is 0 Å². The van der Waals surface area contributed by atoms with Crippen molar-refractivity contribution in [2.75, 3.05) is 26.2 Å². The highest BCUT2D eigenvalue weighted by atomic mass is 32.3. The molecular formula is C26H52N6O19S. The second-order valence-electron chi connectivity index (χ2n) is 12.4. The molecule has 3 aliphatic rings. The second kappa shape index (κ2) is 20.7. The summed E-state index contributed by atoms with van der Waals surface area (Å²) in [7, 11) is -4.67. The summed E-state index contributed by atoms with van der Waals surface area (Å²) < 4.78 is 54.3.